The molecule has 5 heteroatoms. The van der Waals surface area contributed by atoms with Gasteiger partial charge in [0.25, 0.3) is 0 Å². The van der Waals surface area contributed by atoms with E-state index >= 15 is 0 Å². The third kappa shape index (κ3) is 2.37. The lowest BCUT2D eigenvalue weighted by Crippen LogP contribution is -2.30. The predicted molar refractivity (Wildman–Crippen MR) is 59.8 cm³/mol. The first-order valence-electron chi connectivity index (χ1n) is 4.63. The zero-order chi connectivity index (χ0) is 10.8. The van der Waals surface area contributed by atoms with Crippen LogP contribution >= 0.6 is 15.9 Å². The fourth-order valence-electron chi connectivity index (χ4n) is 1.52. The standard InChI is InChI=1S/C10H11BrN2O2/c11-7-1-4-10(12-6-7)13(15)8-2-3-9(14)5-8/h1-4,6,8-9,14-15H,5H2/t8-,9+/m1/s1. The number of hydrogen-bond acceptors (Lipinski definition) is 4. The molecule has 0 fully saturated rings. The summed E-state index contributed by atoms with van der Waals surface area (Å²) in [6.45, 7) is 0. The number of rotatable bonds is 2. The summed E-state index contributed by atoms with van der Waals surface area (Å²) in [5.74, 6) is 0.474. The van der Waals surface area contributed by atoms with Crippen LogP contribution in [-0.2, 0) is 0 Å². The summed E-state index contributed by atoms with van der Waals surface area (Å²) in [5, 5.41) is 20.2. The molecule has 0 amide bonds. The highest BCUT2D eigenvalue weighted by atomic mass is 79.9. The minimum absolute atomic E-state index is 0.200. The van der Waals surface area contributed by atoms with Crippen LogP contribution in [0.3, 0.4) is 0 Å². The van der Waals surface area contributed by atoms with Crippen LogP contribution in [0.5, 0.6) is 0 Å². The van der Waals surface area contributed by atoms with Crippen LogP contribution in [0.1, 0.15) is 6.42 Å². The highest BCUT2D eigenvalue weighted by Gasteiger charge is 2.23. The van der Waals surface area contributed by atoms with Crippen molar-refractivity contribution in [2.45, 2.75) is 18.6 Å². The van der Waals surface area contributed by atoms with E-state index in [9.17, 15) is 10.3 Å². The molecule has 0 unspecified atom stereocenters. The maximum Gasteiger partial charge on any atom is 0.152 e. The molecule has 1 aromatic rings. The maximum absolute atomic E-state index is 9.82. The first kappa shape index (κ1) is 10.6. The van der Waals surface area contributed by atoms with Gasteiger partial charge >= 0.3 is 0 Å². The topological polar surface area (TPSA) is 56.6 Å². The van der Waals surface area contributed by atoms with Gasteiger partial charge in [-0.3, -0.25) is 5.21 Å². The van der Waals surface area contributed by atoms with Gasteiger partial charge in [0, 0.05) is 17.1 Å². The lowest BCUT2D eigenvalue weighted by atomic mass is 10.2. The summed E-state index contributed by atoms with van der Waals surface area (Å²) in [4.78, 5) is 4.06. The molecule has 80 valence electrons. The molecule has 1 aliphatic carbocycles. The molecule has 1 aliphatic rings. The van der Waals surface area contributed by atoms with Crippen LogP contribution in [-0.4, -0.2) is 27.4 Å². The summed E-state index contributed by atoms with van der Waals surface area (Å²) in [6.07, 6.45) is 5.09. The second-order valence-electron chi connectivity index (χ2n) is 3.43. The number of aliphatic hydroxyl groups excluding tert-OH is 1. The molecule has 0 aromatic carbocycles. The molecule has 0 bridgehead atoms. The quantitative estimate of drug-likeness (QED) is 0.635. The van der Waals surface area contributed by atoms with Gasteiger partial charge in [-0.1, -0.05) is 12.2 Å². The van der Waals surface area contributed by atoms with Crippen molar-refractivity contribution in [3.05, 3.63) is 35.0 Å². The fourth-order valence-corrected chi connectivity index (χ4v) is 1.75. The number of aliphatic hydroxyl groups is 1. The monoisotopic (exact) mass is 270 g/mol. The van der Waals surface area contributed by atoms with Crippen LogP contribution in [0.25, 0.3) is 0 Å². The minimum atomic E-state index is -0.472. The van der Waals surface area contributed by atoms with Gasteiger partial charge in [-0.2, -0.15) is 0 Å². The van der Waals surface area contributed by atoms with Gasteiger partial charge in [0.15, 0.2) is 5.82 Å². The van der Waals surface area contributed by atoms with E-state index in [1.165, 1.54) is 0 Å². The molecular weight excluding hydrogens is 260 g/mol. The van der Waals surface area contributed by atoms with E-state index in [0.717, 1.165) is 9.54 Å². The molecule has 0 saturated carbocycles. The number of pyridine rings is 1. The summed E-state index contributed by atoms with van der Waals surface area (Å²) in [7, 11) is 0. The lowest BCUT2D eigenvalue weighted by molar-refractivity contribution is 0.181. The van der Waals surface area contributed by atoms with E-state index in [4.69, 9.17) is 0 Å². The van der Waals surface area contributed by atoms with Crippen LogP contribution in [0.2, 0.25) is 0 Å². The Balaban J connectivity index is 2.11. The summed E-state index contributed by atoms with van der Waals surface area (Å²) in [6, 6.07) is 3.32. The largest absolute Gasteiger partial charge is 0.389 e. The Labute approximate surface area is 96.0 Å². The Hall–Kier alpha value is -0.910. The SMILES string of the molecule is O[C@H]1C=C[C@@H](N(O)c2ccc(Br)cn2)C1. The summed E-state index contributed by atoms with van der Waals surface area (Å²) in [5.41, 5.74) is 0. The van der Waals surface area contributed by atoms with E-state index in [0.29, 0.717) is 12.2 Å². The molecule has 1 aromatic heterocycles. The van der Waals surface area contributed by atoms with Crippen molar-refractivity contribution in [1.29, 1.82) is 0 Å². The number of hydroxylamine groups is 1. The number of hydrogen-bond donors (Lipinski definition) is 2. The fraction of sp³-hybridized carbons (Fsp3) is 0.300. The van der Waals surface area contributed by atoms with Crippen LogP contribution < -0.4 is 5.06 Å². The Kier molecular flexibility index (Phi) is 3.04. The zero-order valence-corrected chi connectivity index (χ0v) is 9.50. The average Bonchev–Trinajstić information content (AvgIpc) is 2.65. The van der Waals surface area contributed by atoms with Crippen LogP contribution in [0.4, 0.5) is 5.82 Å². The molecule has 0 saturated heterocycles. The van der Waals surface area contributed by atoms with Crippen molar-refractivity contribution in [2.75, 3.05) is 5.06 Å². The molecule has 0 radical (unpaired) electrons. The van der Waals surface area contributed by atoms with Crippen molar-refractivity contribution in [3.63, 3.8) is 0 Å². The average molecular weight is 271 g/mol. The van der Waals surface area contributed by atoms with Crippen LogP contribution in [0.15, 0.2) is 35.0 Å². The second-order valence-corrected chi connectivity index (χ2v) is 4.35. The van der Waals surface area contributed by atoms with E-state index < -0.39 is 6.10 Å². The van der Waals surface area contributed by atoms with E-state index in [1.54, 1.807) is 30.5 Å². The molecule has 2 rings (SSSR count). The van der Waals surface area contributed by atoms with Crippen molar-refractivity contribution < 1.29 is 10.3 Å². The third-order valence-corrected chi connectivity index (χ3v) is 2.77. The number of aromatic nitrogens is 1. The van der Waals surface area contributed by atoms with Gasteiger partial charge in [-0.25, -0.2) is 10.0 Å². The van der Waals surface area contributed by atoms with Gasteiger partial charge in [0.2, 0.25) is 0 Å². The van der Waals surface area contributed by atoms with Gasteiger partial charge in [-0.05, 0) is 28.1 Å². The Bertz CT molecular complexity index is 366. The van der Waals surface area contributed by atoms with Crippen molar-refractivity contribution in [3.8, 4) is 0 Å². The van der Waals surface area contributed by atoms with E-state index in [1.807, 2.05) is 0 Å². The number of anilines is 1. The van der Waals surface area contributed by atoms with Crippen molar-refractivity contribution in [2.24, 2.45) is 0 Å². The first-order chi connectivity index (χ1) is 7.16. The molecule has 0 aliphatic heterocycles. The summed E-state index contributed by atoms with van der Waals surface area (Å²) >= 11 is 3.27. The van der Waals surface area contributed by atoms with Gasteiger partial charge < -0.3 is 5.11 Å². The highest BCUT2D eigenvalue weighted by Crippen LogP contribution is 2.21. The smallest absolute Gasteiger partial charge is 0.152 e. The molecule has 15 heavy (non-hydrogen) atoms. The van der Waals surface area contributed by atoms with Crippen LogP contribution in [0, 0.1) is 0 Å². The van der Waals surface area contributed by atoms with Gasteiger partial charge in [-0.15, -0.1) is 0 Å². The van der Waals surface area contributed by atoms with Gasteiger partial charge in [0.1, 0.15) is 0 Å². The normalized spacial score (nSPS) is 24.5. The molecule has 2 N–H and O–H groups in total. The Morgan fingerprint density at radius 3 is 2.73 bits per heavy atom. The van der Waals surface area contributed by atoms with Gasteiger partial charge in [0.05, 0.1) is 12.1 Å². The van der Waals surface area contributed by atoms with E-state index in [-0.39, 0.29) is 6.04 Å². The van der Waals surface area contributed by atoms with Crippen molar-refractivity contribution >= 4 is 21.7 Å². The molecule has 4 nitrogen and oxygen atoms in total. The highest BCUT2D eigenvalue weighted by molar-refractivity contribution is 9.10. The first-order valence-corrected chi connectivity index (χ1v) is 5.42. The minimum Gasteiger partial charge on any atom is -0.389 e. The maximum atomic E-state index is 9.82. The molecule has 0 spiro atoms. The number of nitrogens with zero attached hydrogens (tertiary/aromatic N) is 2. The molecule has 2 atom stereocenters. The van der Waals surface area contributed by atoms with E-state index in [2.05, 4.69) is 20.9 Å². The zero-order valence-electron chi connectivity index (χ0n) is 7.92. The summed E-state index contributed by atoms with van der Waals surface area (Å²) < 4.78 is 0.863. The van der Waals surface area contributed by atoms with Crippen molar-refractivity contribution in [1.82, 2.24) is 4.98 Å². The molecular formula is C10H11BrN2O2. The Morgan fingerprint density at radius 1 is 1.40 bits per heavy atom. The Morgan fingerprint density at radius 2 is 2.20 bits per heavy atom. The lowest BCUT2D eigenvalue weighted by Gasteiger charge is -2.21. The predicted octanol–water partition coefficient (Wildman–Crippen LogP) is 1.73. The molecule has 1 heterocycles. The number of halogens is 1. The third-order valence-electron chi connectivity index (χ3n) is 2.30. The second kappa shape index (κ2) is 4.30.